The van der Waals surface area contributed by atoms with E-state index < -0.39 is 0 Å². The van der Waals surface area contributed by atoms with Crippen molar-refractivity contribution in [3.63, 3.8) is 0 Å². The largest absolute Gasteiger partial charge is 0.356 e. The van der Waals surface area contributed by atoms with E-state index in [1.165, 1.54) is 45.4 Å². The summed E-state index contributed by atoms with van der Waals surface area (Å²) in [6.45, 7) is 5.71. The molecule has 0 saturated heterocycles. The van der Waals surface area contributed by atoms with Gasteiger partial charge in [-0.25, -0.2) is 4.79 Å². The van der Waals surface area contributed by atoms with Crippen LogP contribution < -0.4 is 16.0 Å². The Balaban J connectivity index is 2.11. The quantitative estimate of drug-likeness (QED) is 0.516. The zero-order valence-corrected chi connectivity index (χ0v) is 12.9. The average Bonchev–Trinajstić information content (AvgIpc) is 2.61. The lowest BCUT2D eigenvalue weighted by atomic mass is 9.82. The normalized spacial score (nSPS) is 17.9. The molecule has 0 atom stereocenters. The van der Waals surface area contributed by atoms with E-state index in [2.05, 4.69) is 22.9 Å². The number of rotatable bonds is 6. The Labute approximate surface area is 122 Å². The molecule has 5 nitrogen and oxygen atoms in total. The van der Waals surface area contributed by atoms with Gasteiger partial charge in [0.2, 0.25) is 5.91 Å². The summed E-state index contributed by atoms with van der Waals surface area (Å²) in [7, 11) is 0. The number of amides is 3. The van der Waals surface area contributed by atoms with Crippen LogP contribution in [0, 0.1) is 5.41 Å². The molecule has 3 N–H and O–H groups in total. The Morgan fingerprint density at radius 2 is 1.55 bits per heavy atom. The van der Waals surface area contributed by atoms with Gasteiger partial charge in [-0.05, 0) is 24.7 Å². The van der Waals surface area contributed by atoms with Crippen LogP contribution in [-0.2, 0) is 4.79 Å². The first kappa shape index (κ1) is 16.8. The van der Waals surface area contributed by atoms with Crippen LogP contribution in [0.25, 0.3) is 0 Å². The van der Waals surface area contributed by atoms with Crippen LogP contribution in [0.5, 0.6) is 0 Å². The van der Waals surface area contributed by atoms with Crippen LogP contribution in [0.4, 0.5) is 4.79 Å². The fraction of sp³-hybridized carbons (Fsp3) is 0.867. The van der Waals surface area contributed by atoms with Crippen molar-refractivity contribution in [2.45, 2.75) is 58.8 Å². The molecule has 0 heterocycles. The van der Waals surface area contributed by atoms with E-state index in [0.717, 1.165) is 13.0 Å². The van der Waals surface area contributed by atoms with Crippen molar-refractivity contribution in [1.82, 2.24) is 16.0 Å². The highest BCUT2D eigenvalue weighted by Crippen LogP contribution is 2.33. The lowest BCUT2D eigenvalue weighted by molar-refractivity contribution is -0.118. The van der Waals surface area contributed by atoms with Crippen LogP contribution in [0.15, 0.2) is 0 Å². The summed E-state index contributed by atoms with van der Waals surface area (Å²) in [5, 5.41) is 8.52. The number of nitrogens with one attached hydrogen (secondary N) is 3. The van der Waals surface area contributed by atoms with E-state index in [0.29, 0.717) is 13.1 Å². The molecule has 1 aliphatic rings. The van der Waals surface area contributed by atoms with Gasteiger partial charge in [0.05, 0.1) is 0 Å². The van der Waals surface area contributed by atoms with Gasteiger partial charge in [0.25, 0.3) is 0 Å². The molecule has 3 amide bonds. The maximum absolute atomic E-state index is 11.7. The Hall–Kier alpha value is -1.26. The Bertz CT molecular complexity index is 310. The van der Waals surface area contributed by atoms with Gasteiger partial charge in [-0.15, -0.1) is 0 Å². The molecular formula is C15H29N3O2. The fourth-order valence-corrected chi connectivity index (χ4v) is 2.67. The van der Waals surface area contributed by atoms with Crippen molar-refractivity contribution < 1.29 is 9.59 Å². The van der Waals surface area contributed by atoms with Gasteiger partial charge in [0.1, 0.15) is 0 Å². The van der Waals surface area contributed by atoms with E-state index in [1.807, 2.05) is 0 Å². The summed E-state index contributed by atoms with van der Waals surface area (Å²) in [5.74, 6) is -0.0317. The summed E-state index contributed by atoms with van der Waals surface area (Å²) in [5.41, 5.74) is 0.254. The summed E-state index contributed by atoms with van der Waals surface area (Å²) >= 11 is 0. The first-order valence-corrected chi connectivity index (χ1v) is 7.78. The first-order valence-electron chi connectivity index (χ1n) is 7.78. The van der Waals surface area contributed by atoms with Gasteiger partial charge in [0.15, 0.2) is 0 Å². The van der Waals surface area contributed by atoms with Gasteiger partial charge in [-0.1, -0.05) is 32.6 Å². The summed E-state index contributed by atoms with van der Waals surface area (Å²) in [6, 6.07) is -0.0988. The maximum atomic E-state index is 11.7. The highest BCUT2D eigenvalue weighted by atomic mass is 16.2. The molecule has 0 radical (unpaired) electrons. The van der Waals surface area contributed by atoms with E-state index >= 15 is 0 Å². The fourth-order valence-electron chi connectivity index (χ4n) is 2.67. The first-order chi connectivity index (χ1) is 9.52. The smallest absolute Gasteiger partial charge is 0.314 e. The van der Waals surface area contributed by atoms with Gasteiger partial charge in [-0.2, -0.15) is 0 Å². The van der Waals surface area contributed by atoms with E-state index in [9.17, 15) is 9.59 Å². The van der Waals surface area contributed by atoms with Crippen LogP contribution in [-0.4, -0.2) is 31.6 Å². The zero-order chi connectivity index (χ0) is 14.8. The maximum Gasteiger partial charge on any atom is 0.314 e. The minimum Gasteiger partial charge on any atom is -0.356 e. The van der Waals surface area contributed by atoms with Gasteiger partial charge >= 0.3 is 6.03 Å². The van der Waals surface area contributed by atoms with Gasteiger partial charge in [-0.3, -0.25) is 4.79 Å². The van der Waals surface area contributed by atoms with Crippen molar-refractivity contribution >= 4 is 11.9 Å². The molecule has 116 valence electrons. The molecular weight excluding hydrogens is 254 g/mol. The number of carbonyl (C=O) groups excluding carboxylic acids is 2. The molecule has 0 bridgehead atoms. The molecule has 20 heavy (non-hydrogen) atoms. The van der Waals surface area contributed by atoms with E-state index in [-0.39, 0.29) is 17.4 Å². The highest BCUT2D eigenvalue weighted by Gasteiger charge is 2.25. The van der Waals surface area contributed by atoms with Crippen LogP contribution >= 0.6 is 0 Å². The van der Waals surface area contributed by atoms with Crippen LogP contribution in [0.2, 0.25) is 0 Å². The second-order valence-electron chi connectivity index (χ2n) is 6.17. The number of hydrogen-bond acceptors (Lipinski definition) is 2. The molecule has 0 aromatic heterocycles. The minimum absolute atomic E-state index is 0.0317. The molecule has 0 aromatic carbocycles. The standard InChI is InChI=1S/C15H29N3O2/c1-13(19)16-10-7-11-17-14(20)18-12-15(2)8-5-3-4-6-9-15/h3-12H2,1-2H3,(H,16,19)(H2,17,18,20). The average molecular weight is 283 g/mol. The number of hydrogen-bond donors (Lipinski definition) is 3. The summed E-state index contributed by atoms with van der Waals surface area (Å²) in [6.07, 6.45) is 8.36. The van der Waals surface area contributed by atoms with Crippen LogP contribution in [0.3, 0.4) is 0 Å². The zero-order valence-electron chi connectivity index (χ0n) is 12.9. The predicted octanol–water partition coefficient (Wildman–Crippen LogP) is 2.17. The minimum atomic E-state index is -0.0988. The number of carbonyl (C=O) groups is 2. The van der Waals surface area contributed by atoms with E-state index in [1.54, 1.807) is 0 Å². The molecule has 0 spiro atoms. The second kappa shape index (κ2) is 8.82. The van der Waals surface area contributed by atoms with Gasteiger partial charge in [0, 0.05) is 26.6 Å². The molecule has 0 unspecified atom stereocenters. The lowest BCUT2D eigenvalue weighted by Crippen LogP contribution is -2.42. The molecule has 1 saturated carbocycles. The number of urea groups is 1. The van der Waals surface area contributed by atoms with Crippen molar-refractivity contribution in [2.75, 3.05) is 19.6 Å². The molecule has 1 fully saturated rings. The third-order valence-electron chi connectivity index (χ3n) is 4.00. The molecule has 0 aromatic rings. The Morgan fingerprint density at radius 1 is 0.950 bits per heavy atom. The molecule has 1 rings (SSSR count). The predicted molar refractivity (Wildman–Crippen MR) is 80.5 cm³/mol. The molecule has 5 heteroatoms. The summed E-state index contributed by atoms with van der Waals surface area (Å²) < 4.78 is 0. The second-order valence-corrected chi connectivity index (χ2v) is 6.17. The highest BCUT2D eigenvalue weighted by molar-refractivity contribution is 5.74. The van der Waals surface area contributed by atoms with Crippen molar-refractivity contribution in [3.05, 3.63) is 0 Å². The van der Waals surface area contributed by atoms with Crippen molar-refractivity contribution in [1.29, 1.82) is 0 Å². The third-order valence-corrected chi connectivity index (χ3v) is 4.00. The summed E-state index contributed by atoms with van der Waals surface area (Å²) in [4.78, 5) is 22.4. The van der Waals surface area contributed by atoms with Crippen LogP contribution in [0.1, 0.15) is 58.8 Å². The Morgan fingerprint density at radius 3 is 2.15 bits per heavy atom. The molecule has 1 aliphatic carbocycles. The lowest BCUT2D eigenvalue weighted by Gasteiger charge is -2.28. The van der Waals surface area contributed by atoms with Crippen molar-refractivity contribution in [3.8, 4) is 0 Å². The Kier molecular flexibility index (Phi) is 7.41. The third kappa shape index (κ3) is 7.36. The topological polar surface area (TPSA) is 70.2 Å². The van der Waals surface area contributed by atoms with E-state index in [4.69, 9.17) is 0 Å². The van der Waals surface area contributed by atoms with Crippen molar-refractivity contribution in [2.24, 2.45) is 5.41 Å². The molecule has 0 aliphatic heterocycles. The SMILES string of the molecule is CC(=O)NCCCNC(=O)NCC1(C)CCCCCC1. The van der Waals surface area contributed by atoms with Gasteiger partial charge < -0.3 is 16.0 Å². The monoisotopic (exact) mass is 283 g/mol.